The molecular formula is C25H32N2O5. The molecule has 0 radical (unpaired) electrons. The number of benzene rings is 2. The minimum absolute atomic E-state index is 0.0745. The number of fused-ring (bicyclic) bond motifs is 2. The smallest absolute Gasteiger partial charge is 0.227 e. The number of nitrogens with zero attached hydrogens (tertiary/aromatic N) is 2. The highest BCUT2D eigenvalue weighted by Crippen LogP contribution is 2.42. The van der Waals surface area contributed by atoms with Gasteiger partial charge in [0.2, 0.25) is 5.91 Å². The molecule has 2 aliphatic rings. The van der Waals surface area contributed by atoms with Gasteiger partial charge in [-0.25, -0.2) is 0 Å². The molecule has 2 aromatic carbocycles. The second kappa shape index (κ2) is 9.28. The second-order valence-corrected chi connectivity index (χ2v) is 8.84. The molecule has 1 aliphatic heterocycles. The lowest BCUT2D eigenvalue weighted by Gasteiger charge is -2.34. The van der Waals surface area contributed by atoms with Crippen molar-refractivity contribution in [1.29, 1.82) is 0 Å². The summed E-state index contributed by atoms with van der Waals surface area (Å²) in [5.41, 5.74) is 4.40. The predicted molar refractivity (Wildman–Crippen MR) is 122 cm³/mol. The molecule has 1 atom stereocenters. The Balaban J connectivity index is 1.27. The van der Waals surface area contributed by atoms with Crippen molar-refractivity contribution in [1.82, 2.24) is 9.80 Å². The van der Waals surface area contributed by atoms with Gasteiger partial charge in [0.1, 0.15) is 0 Å². The van der Waals surface area contributed by atoms with Crippen LogP contribution in [0.5, 0.6) is 23.0 Å². The van der Waals surface area contributed by atoms with E-state index in [2.05, 4.69) is 24.1 Å². The van der Waals surface area contributed by atoms with Crippen molar-refractivity contribution in [3.05, 3.63) is 46.5 Å². The van der Waals surface area contributed by atoms with Gasteiger partial charge in [0, 0.05) is 25.6 Å². The minimum atomic E-state index is -0.166. The molecule has 0 aromatic heterocycles. The van der Waals surface area contributed by atoms with Gasteiger partial charge in [0.25, 0.3) is 0 Å². The quantitative estimate of drug-likeness (QED) is 0.615. The molecule has 0 saturated heterocycles. The summed E-state index contributed by atoms with van der Waals surface area (Å²) in [5.74, 6) is 1.84. The van der Waals surface area contributed by atoms with Crippen molar-refractivity contribution in [2.45, 2.75) is 31.6 Å². The zero-order valence-electron chi connectivity index (χ0n) is 19.1. The minimum Gasteiger partial charge on any atom is -0.504 e. The van der Waals surface area contributed by atoms with Crippen molar-refractivity contribution in [2.75, 3.05) is 47.4 Å². The van der Waals surface area contributed by atoms with Crippen LogP contribution in [0, 0.1) is 0 Å². The fourth-order valence-corrected chi connectivity index (χ4v) is 4.85. The monoisotopic (exact) mass is 440 g/mol. The molecule has 0 unspecified atom stereocenters. The van der Waals surface area contributed by atoms with Gasteiger partial charge in [-0.05, 0) is 79.4 Å². The molecule has 2 N–H and O–H groups in total. The number of hydrogen-bond acceptors (Lipinski definition) is 6. The summed E-state index contributed by atoms with van der Waals surface area (Å²) in [5, 5.41) is 19.5. The van der Waals surface area contributed by atoms with Crippen LogP contribution in [0.4, 0.5) is 0 Å². The highest BCUT2D eigenvalue weighted by molar-refractivity contribution is 5.80. The Morgan fingerprint density at radius 3 is 2.44 bits per heavy atom. The van der Waals surface area contributed by atoms with Gasteiger partial charge in [-0.2, -0.15) is 0 Å². The Labute approximate surface area is 189 Å². The number of phenolic OH excluding ortho intramolecular Hbond substituents is 2. The van der Waals surface area contributed by atoms with Gasteiger partial charge in [0.05, 0.1) is 20.6 Å². The second-order valence-electron chi connectivity index (χ2n) is 8.84. The lowest BCUT2D eigenvalue weighted by atomic mass is 9.77. The number of carbonyl (C=O) groups excluding carboxylic acids is 1. The van der Waals surface area contributed by atoms with E-state index in [-0.39, 0.29) is 23.8 Å². The van der Waals surface area contributed by atoms with Crippen LogP contribution in [0.25, 0.3) is 0 Å². The van der Waals surface area contributed by atoms with E-state index in [1.54, 1.807) is 20.3 Å². The van der Waals surface area contributed by atoms with Crippen LogP contribution in [0.1, 0.15) is 34.6 Å². The number of carbonyl (C=O) groups is 1. The van der Waals surface area contributed by atoms with Crippen LogP contribution in [-0.4, -0.2) is 73.4 Å². The fourth-order valence-electron chi connectivity index (χ4n) is 4.85. The van der Waals surface area contributed by atoms with Gasteiger partial charge in [0.15, 0.2) is 23.0 Å². The average molecular weight is 441 g/mol. The molecule has 0 fully saturated rings. The van der Waals surface area contributed by atoms with Gasteiger partial charge >= 0.3 is 0 Å². The Morgan fingerprint density at radius 1 is 1.03 bits per heavy atom. The maximum Gasteiger partial charge on any atom is 0.227 e. The molecule has 0 bridgehead atoms. The molecule has 1 aliphatic carbocycles. The summed E-state index contributed by atoms with van der Waals surface area (Å²) in [6.45, 7) is 3.23. The first kappa shape index (κ1) is 22.3. The largest absolute Gasteiger partial charge is 0.504 e. The Morgan fingerprint density at radius 2 is 1.72 bits per heavy atom. The molecular weight excluding hydrogens is 408 g/mol. The summed E-state index contributed by atoms with van der Waals surface area (Å²) in [6, 6.07) is 7.27. The van der Waals surface area contributed by atoms with Gasteiger partial charge in [-0.3, -0.25) is 4.79 Å². The summed E-state index contributed by atoms with van der Waals surface area (Å²) >= 11 is 0. The lowest BCUT2D eigenvalue weighted by molar-refractivity contribution is -0.130. The molecule has 0 saturated carbocycles. The van der Waals surface area contributed by atoms with Gasteiger partial charge < -0.3 is 29.5 Å². The number of aromatic hydroxyl groups is 2. The maximum atomic E-state index is 12.7. The molecule has 7 heteroatoms. The third kappa shape index (κ3) is 4.48. The molecule has 1 amide bonds. The van der Waals surface area contributed by atoms with E-state index in [1.807, 2.05) is 4.90 Å². The summed E-state index contributed by atoms with van der Waals surface area (Å²) in [6.07, 6.45) is 2.90. The third-order valence-electron chi connectivity index (χ3n) is 6.69. The van der Waals surface area contributed by atoms with E-state index in [0.717, 1.165) is 48.6 Å². The molecule has 32 heavy (non-hydrogen) atoms. The Hall–Kier alpha value is -2.93. The van der Waals surface area contributed by atoms with Crippen LogP contribution >= 0.6 is 0 Å². The number of likely N-dealkylation sites (N-methyl/N-ethyl adjacent to an activating group) is 1. The summed E-state index contributed by atoms with van der Waals surface area (Å²) < 4.78 is 10.8. The van der Waals surface area contributed by atoms with Crippen LogP contribution in [-0.2, 0) is 24.1 Å². The number of hydrogen-bond donors (Lipinski definition) is 2. The van der Waals surface area contributed by atoms with Gasteiger partial charge in [-0.15, -0.1) is 0 Å². The highest BCUT2D eigenvalue weighted by atomic mass is 16.5. The standard InChI is InChI=1S/C25H32N2O5/c1-26(15-19-9-18-12-23(31-2)24(32-3)14-20(18)19)6-4-7-27-8-5-16-10-21(28)22(29)11-17(16)13-25(27)30/h10-12,14,19,28-29H,4-9,13,15H2,1-3H3/t19-/m1/s1. The summed E-state index contributed by atoms with van der Waals surface area (Å²) in [7, 11) is 5.46. The highest BCUT2D eigenvalue weighted by Gasteiger charge is 2.29. The number of amides is 1. The van der Waals surface area contributed by atoms with Crippen molar-refractivity contribution < 1.29 is 24.5 Å². The first-order valence-electron chi connectivity index (χ1n) is 11.1. The van der Waals surface area contributed by atoms with Crippen molar-refractivity contribution in [3.63, 3.8) is 0 Å². The average Bonchev–Trinajstić information content (AvgIpc) is 2.90. The fraction of sp³-hybridized carbons (Fsp3) is 0.480. The van der Waals surface area contributed by atoms with Crippen molar-refractivity contribution in [3.8, 4) is 23.0 Å². The Kier molecular flexibility index (Phi) is 6.46. The lowest BCUT2D eigenvalue weighted by Crippen LogP contribution is -2.36. The molecule has 4 rings (SSSR count). The van der Waals surface area contributed by atoms with E-state index >= 15 is 0 Å². The number of rotatable bonds is 8. The number of methoxy groups -OCH3 is 2. The van der Waals surface area contributed by atoms with Crippen molar-refractivity contribution in [2.24, 2.45) is 0 Å². The maximum absolute atomic E-state index is 12.7. The number of phenols is 2. The SMILES string of the molecule is COc1cc2c(cc1OC)[C@@H](CN(C)CCCN1CCc3cc(O)c(O)cc3CC1=O)C2. The van der Waals surface area contributed by atoms with Crippen LogP contribution in [0.15, 0.2) is 24.3 Å². The van der Waals surface area contributed by atoms with E-state index < -0.39 is 0 Å². The molecule has 172 valence electrons. The number of ether oxygens (including phenoxy) is 2. The van der Waals surface area contributed by atoms with Crippen molar-refractivity contribution >= 4 is 5.91 Å². The topological polar surface area (TPSA) is 82.5 Å². The third-order valence-corrected chi connectivity index (χ3v) is 6.69. The summed E-state index contributed by atoms with van der Waals surface area (Å²) in [4.78, 5) is 16.9. The van der Waals surface area contributed by atoms with E-state index in [4.69, 9.17) is 9.47 Å². The van der Waals surface area contributed by atoms with Gasteiger partial charge in [-0.1, -0.05) is 0 Å². The first-order chi connectivity index (χ1) is 15.4. The molecule has 2 aromatic rings. The van der Waals surface area contributed by atoms with E-state index in [9.17, 15) is 15.0 Å². The van der Waals surface area contributed by atoms with Crippen LogP contribution in [0.3, 0.4) is 0 Å². The molecule has 0 spiro atoms. The zero-order valence-corrected chi connectivity index (χ0v) is 19.1. The Bertz CT molecular complexity index is 1010. The van der Waals surface area contributed by atoms with E-state index in [1.165, 1.54) is 17.2 Å². The molecule has 1 heterocycles. The molecule has 7 nitrogen and oxygen atoms in total. The normalized spacial score (nSPS) is 17.4. The van der Waals surface area contributed by atoms with E-state index in [0.29, 0.717) is 25.4 Å². The van der Waals surface area contributed by atoms with Crippen LogP contribution < -0.4 is 9.47 Å². The first-order valence-corrected chi connectivity index (χ1v) is 11.1. The zero-order chi connectivity index (χ0) is 22.8. The predicted octanol–water partition coefficient (Wildman–Crippen LogP) is 2.70. The van der Waals surface area contributed by atoms with Crippen LogP contribution in [0.2, 0.25) is 0 Å².